The van der Waals surface area contributed by atoms with Crippen LogP contribution < -0.4 is 10.2 Å². The fraction of sp³-hybridized carbons (Fsp3) is 0.179. The van der Waals surface area contributed by atoms with E-state index >= 15 is 0 Å². The molecule has 0 aromatic heterocycles. The lowest BCUT2D eigenvalue weighted by Gasteiger charge is -2.16. The molecule has 0 spiro atoms. The highest BCUT2D eigenvalue weighted by Gasteiger charge is 2.40. The summed E-state index contributed by atoms with van der Waals surface area (Å²) in [4.78, 5) is 41.5. The first-order chi connectivity index (χ1) is 17.3. The second kappa shape index (κ2) is 11.0. The van der Waals surface area contributed by atoms with Gasteiger partial charge < -0.3 is 10.1 Å². The summed E-state index contributed by atoms with van der Waals surface area (Å²) in [5, 5.41) is 3.66. The van der Waals surface area contributed by atoms with Crippen molar-refractivity contribution in [3.63, 3.8) is 0 Å². The lowest BCUT2D eigenvalue weighted by Crippen LogP contribution is -2.32. The zero-order valence-corrected chi connectivity index (χ0v) is 21.7. The van der Waals surface area contributed by atoms with E-state index in [4.69, 9.17) is 16.3 Å². The van der Waals surface area contributed by atoms with Crippen LogP contribution in [0.4, 0.5) is 11.4 Å². The summed E-state index contributed by atoms with van der Waals surface area (Å²) >= 11 is 7.41. The Bertz CT molecular complexity index is 1350. The van der Waals surface area contributed by atoms with Crippen molar-refractivity contribution in [2.75, 3.05) is 16.8 Å². The summed E-state index contributed by atoms with van der Waals surface area (Å²) in [6.45, 7) is 6.11. The Hall–Kier alpha value is -3.55. The molecule has 1 N–H and O–H groups in total. The predicted molar refractivity (Wildman–Crippen MR) is 143 cm³/mol. The van der Waals surface area contributed by atoms with E-state index < -0.39 is 17.8 Å². The maximum Gasteiger partial charge on any atom is 0.338 e. The average Bonchev–Trinajstić information content (AvgIpc) is 3.10. The van der Waals surface area contributed by atoms with Crippen molar-refractivity contribution in [3.8, 4) is 0 Å². The number of amides is 2. The van der Waals surface area contributed by atoms with Gasteiger partial charge in [0.15, 0.2) is 0 Å². The van der Waals surface area contributed by atoms with Crippen molar-refractivity contribution < 1.29 is 19.1 Å². The maximum absolute atomic E-state index is 13.6. The molecule has 6 nitrogen and oxygen atoms in total. The average molecular weight is 521 g/mol. The number of carbonyl (C=O) groups excluding carboxylic acids is 3. The highest BCUT2D eigenvalue weighted by Crippen LogP contribution is 2.38. The van der Waals surface area contributed by atoms with Crippen LogP contribution in [0.2, 0.25) is 5.02 Å². The fourth-order valence-electron chi connectivity index (χ4n) is 3.56. The summed E-state index contributed by atoms with van der Waals surface area (Å²) < 4.78 is 5.16. The third kappa shape index (κ3) is 5.48. The molecule has 1 heterocycles. The van der Waals surface area contributed by atoms with E-state index in [9.17, 15) is 14.4 Å². The molecule has 184 valence electrons. The largest absolute Gasteiger partial charge is 0.462 e. The molecule has 4 rings (SSSR count). The van der Waals surface area contributed by atoms with Crippen LogP contribution in [-0.2, 0) is 14.3 Å². The van der Waals surface area contributed by atoms with Gasteiger partial charge in [-0.25, -0.2) is 9.69 Å². The fourth-order valence-corrected chi connectivity index (χ4v) is 4.66. The number of rotatable bonds is 8. The van der Waals surface area contributed by atoms with Crippen molar-refractivity contribution >= 4 is 52.5 Å². The third-order valence-electron chi connectivity index (χ3n) is 5.54. The van der Waals surface area contributed by atoms with Crippen LogP contribution in [0.15, 0.2) is 82.2 Å². The van der Waals surface area contributed by atoms with E-state index in [1.165, 1.54) is 11.8 Å². The molecule has 0 saturated carbocycles. The Kier molecular flexibility index (Phi) is 7.82. The van der Waals surface area contributed by atoms with Crippen LogP contribution in [0.25, 0.3) is 0 Å². The Morgan fingerprint density at radius 1 is 0.972 bits per heavy atom. The van der Waals surface area contributed by atoms with Gasteiger partial charge in [-0.3, -0.25) is 9.59 Å². The van der Waals surface area contributed by atoms with E-state index in [-0.39, 0.29) is 10.6 Å². The topological polar surface area (TPSA) is 75.7 Å². The molecule has 2 amide bonds. The number of halogens is 1. The monoisotopic (exact) mass is 520 g/mol. The van der Waals surface area contributed by atoms with Crippen LogP contribution in [0.1, 0.15) is 34.8 Å². The second-order valence-corrected chi connectivity index (χ2v) is 9.85. The van der Waals surface area contributed by atoms with E-state index in [2.05, 4.69) is 5.32 Å². The molecule has 0 saturated heterocycles. The first kappa shape index (κ1) is 25.5. The number of hydrogen-bond acceptors (Lipinski definition) is 6. The molecule has 0 fully saturated rings. The molecule has 3 aromatic carbocycles. The first-order valence-electron chi connectivity index (χ1n) is 11.5. The number of benzene rings is 3. The predicted octanol–water partition coefficient (Wildman–Crippen LogP) is 6.51. The van der Waals surface area contributed by atoms with Gasteiger partial charge in [-0.1, -0.05) is 54.0 Å². The normalized spacial score (nSPS) is 13.4. The third-order valence-corrected chi connectivity index (χ3v) is 6.87. The summed E-state index contributed by atoms with van der Waals surface area (Å²) in [7, 11) is 0. The standard InChI is InChI=1S/C28H25ClN2O4S/c1-4-15-35-28(34)19-8-11-21(12-9-19)31-26(32)24(30-23-16-20(29)10-7-18(23)3)25(27(31)33)36-22-13-5-17(2)6-14-22/h5-14,16,30H,4,15H2,1-3H3. The van der Waals surface area contributed by atoms with Gasteiger partial charge in [0.05, 0.1) is 17.9 Å². The highest BCUT2D eigenvalue weighted by atomic mass is 35.5. The maximum atomic E-state index is 13.6. The number of nitrogens with one attached hydrogen (secondary N) is 1. The summed E-state index contributed by atoms with van der Waals surface area (Å²) in [6.07, 6.45) is 0.718. The minimum atomic E-state index is -0.490. The van der Waals surface area contributed by atoms with Crippen LogP contribution in [0, 0.1) is 13.8 Å². The van der Waals surface area contributed by atoms with Gasteiger partial charge in [0.2, 0.25) is 0 Å². The van der Waals surface area contributed by atoms with Crippen LogP contribution in [-0.4, -0.2) is 24.4 Å². The number of nitrogens with zero attached hydrogens (tertiary/aromatic N) is 1. The molecule has 0 bridgehead atoms. The van der Waals surface area contributed by atoms with Crippen LogP contribution in [0.3, 0.4) is 0 Å². The molecule has 1 aliphatic heterocycles. The number of aryl methyl sites for hydroxylation is 2. The van der Waals surface area contributed by atoms with Gasteiger partial charge >= 0.3 is 5.97 Å². The zero-order chi connectivity index (χ0) is 25.8. The number of ether oxygens (including phenoxy) is 1. The smallest absolute Gasteiger partial charge is 0.338 e. The minimum Gasteiger partial charge on any atom is -0.462 e. The molecule has 0 radical (unpaired) electrons. The first-order valence-corrected chi connectivity index (χ1v) is 12.7. The number of thioether (sulfide) groups is 1. The van der Waals surface area contributed by atoms with Gasteiger partial charge in [0.1, 0.15) is 10.6 Å². The number of imide groups is 1. The van der Waals surface area contributed by atoms with Gasteiger partial charge in [-0.2, -0.15) is 0 Å². The van der Waals surface area contributed by atoms with Gasteiger partial charge in [0, 0.05) is 15.6 Å². The van der Waals surface area contributed by atoms with E-state index in [1.54, 1.807) is 36.4 Å². The minimum absolute atomic E-state index is 0.169. The molecule has 1 aliphatic rings. The lowest BCUT2D eigenvalue weighted by molar-refractivity contribution is -0.120. The number of esters is 1. The summed E-state index contributed by atoms with van der Waals surface area (Å²) in [6, 6.07) is 19.3. The van der Waals surface area contributed by atoms with Crippen LogP contribution in [0.5, 0.6) is 0 Å². The van der Waals surface area contributed by atoms with Crippen molar-refractivity contribution in [2.45, 2.75) is 32.1 Å². The Morgan fingerprint density at radius 3 is 2.33 bits per heavy atom. The lowest BCUT2D eigenvalue weighted by atomic mass is 10.2. The van der Waals surface area contributed by atoms with Crippen molar-refractivity contribution in [2.24, 2.45) is 0 Å². The Balaban J connectivity index is 1.68. The Labute approximate surface area is 219 Å². The molecule has 0 aliphatic carbocycles. The quantitative estimate of drug-likeness (QED) is 0.269. The number of carbonyl (C=O) groups is 3. The molecular weight excluding hydrogens is 496 g/mol. The molecular formula is C28H25ClN2O4S. The molecule has 8 heteroatoms. The highest BCUT2D eigenvalue weighted by molar-refractivity contribution is 8.04. The van der Waals surface area contributed by atoms with Gasteiger partial charge in [-0.05, 0) is 74.4 Å². The Morgan fingerprint density at radius 2 is 1.67 bits per heavy atom. The second-order valence-electron chi connectivity index (χ2n) is 8.33. The van der Waals surface area contributed by atoms with E-state index in [0.717, 1.165) is 27.3 Å². The number of anilines is 2. The number of hydrogen-bond donors (Lipinski definition) is 1. The van der Waals surface area contributed by atoms with Crippen molar-refractivity contribution in [3.05, 3.63) is 99.0 Å². The van der Waals surface area contributed by atoms with Gasteiger partial charge in [-0.15, -0.1) is 0 Å². The molecule has 0 atom stereocenters. The molecule has 36 heavy (non-hydrogen) atoms. The summed E-state index contributed by atoms with van der Waals surface area (Å²) in [5.74, 6) is -1.39. The zero-order valence-electron chi connectivity index (χ0n) is 20.1. The van der Waals surface area contributed by atoms with Gasteiger partial charge in [0.25, 0.3) is 11.8 Å². The molecule has 0 unspecified atom stereocenters. The SMILES string of the molecule is CCCOC(=O)c1ccc(N2C(=O)C(Nc3cc(Cl)ccc3C)=C(Sc3ccc(C)cc3)C2=O)cc1. The van der Waals surface area contributed by atoms with Crippen molar-refractivity contribution in [1.82, 2.24) is 0 Å². The van der Waals surface area contributed by atoms with Crippen LogP contribution >= 0.6 is 23.4 Å². The van der Waals surface area contributed by atoms with Crippen molar-refractivity contribution in [1.29, 1.82) is 0 Å². The van der Waals surface area contributed by atoms with E-state index in [1.807, 2.05) is 51.1 Å². The summed E-state index contributed by atoms with van der Waals surface area (Å²) in [5.41, 5.74) is 3.48. The molecule has 3 aromatic rings. The van der Waals surface area contributed by atoms with E-state index in [0.29, 0.717) is 28.6 Å².